The molecular weight excluding hydrogens is 416 g/mol. The van der Waals surface area contributed by atoms with Gasteiger partial charge in [-0.3, -0.25) is 9.69 Å². The lowest BCUT2D eigenvalue weighted by molar-refractivity contribution is 0.146. The van der Waals surface area contributed by atoms with Crippen molar-refractivity contribution in [1.82, 2.24) is 30.1 Å². The van der Waals surface area contributed by atoms with Crippen LogP contribution in [0, 0.1) is 6.92 Å². The van der Waals surface area contributed by atoms with Crippen molar-refractivity contribution in [2.75, 3.05) is 0 Å². The standard InChI is InChI=1S/C25H30N6O2/c1-3-22(24-27-28-29-31(24)20-10-4-5-11-20)30(16-21-12-7-13-33-21)15-19-14-18-9-6-8-17(2)23(18)26-25(19)32/h6-9,12-14,20,22H,3-5,10-11,15-16H2,1-2H3,(H,26,32)/t22-/m0/s1. The quantitative estimate of drug-likeness (QED) is 0.422. The molecule has 8 heteroatoms. The molecule has 0 saturated heterocycles. The van der Waals surface area contributed by atoms with Crippen LogP contribution in [0.1, 0.15) is 73.8 Å². The lowest BCUT2D eigenvalue weighted by Crippen LogP contribution is -2.32. The number of pyridine rings is 1. The summed E-state index contributed by atoms with van der Waals surface area (Å²) in [5.41, 5.74) is 2.61. The molecule has 0 radical (unpaired) electrons. The van der Waals surface area contributed by atoms with Gasteiger partial charge in [-0.1, -0.05) is 38.0 Å². The summed E-state index contributed by atoms with van der Waals surface area (Å²) in [6.45, 7) is 5.18. The Morgan fingerprint density at radius 3 is 2.82 bits per heavy atom. The summed E-state index contributed by atoms with van der Waals surface area (Å²) in [4.78, 5) is 18.4. The lowest BCUT2D eigenvalue weighted by Gasteiger charge is -2.30. The maximum atomic E-state index is 13.0. The summed E-state index contributed by atoms with van der Waals surface area (Å²) >= 11 is 0. The highest BCUT2D eigenvalue weighted by atomic mass is 16.3. The number of rotatable bonds is 8. The summed E-state index contributed by atoms with van der Waals surface area (Å²) in [5.74, 6) is 1.71. The molecule has 0 bridgehead atoms. The molecule has 3 heterocycles. The molecule has 0 spiro atoms. The van der Waals surface area contributed by atoms with Crippen LogP contribution in [0.2, 0.25) is 0 Å². The first-order chi connectivity index (χ1) is 16.1. The van der Waals surface area contributed by atoms with Gasteiger partial charge in [-0.25, -0.2) is 4.68 Å². The number of furan rings is 1. The van der Waals surface area contributed by atoms with E-state index in [1.165, 1.54) is 12.8 Å². The van der Waals surface area contributed by atoms with E-state index in [1.807, 2.05) is 48.0 Å². The second-order valence-corrected chi connectivity index (χ2v) is 8.99. The van der Waals surface area contributed by atoms with Crippen LogP contribution in [0.15, 0.2) is 51.9 Å². The molecule has 4 aromatic rings. The highest BCUT2D eigenvalue weighted by Crippen LogP contribution is 2.33. The molecule has 0 amide bonds. The van der Waals surface area contributed by atoms with Gasteiger partial charge in [-0.05, 0) is 65.8 Å². The topological polar surface area (TPSA) is 92.8 Å². The molecule has 1 aliphatic rings. The van der Waals surface area contributed by atoms with E-state index in [2.05, 4.69) is 32.3 Å². The number of tetrazole rings is 1. The fourth-order valence-corrected chi connectivity index (χ4v) is 5.08. The first-order valence-electron chi connectivity index (χ1n) is 11.8. The van der Waals surface area contributed by atoms with Gasteiger partial charge in [0, 0.05) is 12.1 Å². The van der Waals surface area contributed by atoms with Crippen molar-refractivity contribution in [2.45, 2.75) is 71.1 Å². The smallest absolute Gasteiger partial charge is 0.252 e. The van der Waals surface area contributed by atoms with Gasteiger partial charge in [0.25, 0.3) is 5.56 Å². The Morgan fingerprint density at radius 1 is 1.21 bits per heavy atom. The van der Waals surface area contributed by atoms with Crippen LogP contribution in [0.25, 0.3) is 10.9 Å². The molecule has 8 nitrogen and oxygen atoms in total. The minimum absolute atomic E-state index is 0.0432. The van der Waals surface area contributed by atoms with Crippen LogP contribution >= 0.6 is 0 Å². The average molecular weight is 447 g/mol. The summed E-state index contributed by atoms with van der Waals surface area (Å²) in [5, 5.41) is 13.9. The van der Waals surface area contributed by atoms with Crippen molar-refractivity contribution in [3.8, 4) is 0 Å². The number of aryl methyl sites for hydroxylation is 1. The van der Waals surface area contributed by atoms with E-state index in [-0.39, 0.29) is 11.6 Å². The number of nitrogens with one attached hydrogen (secondary N) is 1. The van der Waals surface area contributed by atoms with Crippen LogP contribution in [0.5, 0.6) is 0 Å². The highest BCUT2D eigenvalue weighted by Gasteiger charge is 2.30. The zero-order chi connectivity index (χ0) is 22.8. The van der Waals surface area contributed by atoms with Gasteiger partial charge in [0.1, 0.15) is 5.76 Å². The fourth-order valence-electron chi connectivity index (χ4n) is 5.08. The second-order valence-electron chi connectivity index (χ2n) is 8.99. The third kappa shape index (κ3) is 4.35. The summed E-state index contributed by atoms with van der Waals surface area (Å²) < 4.78 is 7.69. The van der Waals surface area contributed by atoms with E-state index in [0.29, 0.717) is 19.1 Å². The average Bonchev–Trinajstić information content (AvgIpc) is 3.58. The number of hydrogen-bond acceptors (Lipinski definition) is 6. The number of aromatic nitrogens is 5. The molecule has 3 aromatic heterocycles. The van der Waals surface area contributed by atoms with E-state index >= 15 is 0 Å². The van der Waals surface area contributed by atoms with Crippen molar-refractivity contribution in [1.29, 1.82) is 0 Å². The van der Waals surface area contributed by atoms with Crippen molar-refractivity contribution in [3.05, 3.63) is 75.7 Å². The number of H-pyrrole nitrogens is 1. The predicted molar refractivity (Wildman–Crippen MR) is 126 cm³/mol. The molecular formula is C25H30N6O2. The van der Waals surface area contributed by atoms with Gasteiger partial charge in [0.15, 0.2) is 5.82 Å². The Kier molecular flexibility index (Phi) is 6.09. The first-order valence-corrected chi connectivity index (χ1v) is 11.8. The van der Waals surface area contributed by atoms with E-state index in [9.17, 15) is 4.79 Å². The molecule has 1 saturated carbocycles. The summed E-state index contributed by atoms with van der Waals surface area (Å²) in [6.07, 6.45) is 7.14. The van der Waals surface area contributed by atoms with Gasteiger partial charge >= 0.3 is 0 Å². The molecule has 1 aromatic carbocycles. The van der Waals surface area contributed by atoms with Crippen LogP contribution in [0.3, 0.4) is 0 Å². The molecule has 1 fully saturated rings. The van der Waals surface area contributed by atoms with Gasteiger partial charge in [-0.2, -0.15) is 0 Å². The number of nitrogens with zero attached hydrogens (tertiary/aromatic N) is 5. The number of aromatic amines is 1. The molecule has 0 aliphatic heterocycles. The van der Waals surface area contributed by atoms with Gasteiger partial charge in [0.05, 0.1) is 30.4 Å². The minimum Gasteiger partial charge on any atom is -0.468 e. The van der Waals surface area contributed by atoms with Crippen molar-refractivity contribution >= 4 is 10.9 Å². The second kappa shape index (κ2) is 9.31. The SMILES string of the molecule is CC[C@@H](c1nnnn1C1CCCC1)N(Cc1ccco1)Cc1cc2cccc(C)c2[nH]c1=O. The van der Waals surface area contributed by atoms with Crippen LogP contribution in [0.4, 0.5) is 0 Å². The molecule has 1 N–H and O–H groups in total. The maximum absolute atomic E-state index is 13.0. The van der Waals surface area contributed by atoms with E-state index in [4.69, 9.17) is 4.42 Å². The first kappa shape index (κ1) is 21.6. The van der Waals surface area contributed by atoms with Gasteiger partial charge < -0.3 is 9.40 Å². The zero-order valence-electron chi connectivity index (χ0n) is 19.2. The Morgan fingerprint density at radius 2 is 2.06 bits per heavy atom. The predicted octanol–water partition coefficient (Wildman–Crippen LogP) is 4.68. The third-order valence-corrected chi connectivity index (χ3v) is 6.79. The Bertz CT molecular complexity index is 1270. The van der Waals surface area contributed by atoms with Gasteiger partial charge in [0.2, 0.25) is 0 Å². The zero-order valence-corrected chi connectivity index (χ0v) is 19.2. The van der Waals surface area contributed by atoms with Crippen molar-refractivity contribution < 1.29 is 4.42 Å². The Balaban J connectivity index is 1.52. The third-order valence-electron chi connectivity index (χ3n) is 6.79. The minimum atomic E-state index is -0.0634. The van der Waals surface area contributed by atoms with E-state index in [1.54, 1.807) is 6.26 Å². The van der Waals surface area contributed by atoms with Crippen LogP contribution < -0.4 is 5.56 Å². The Hall–Kier alpha value is -3.26. The number of para-hydroxylation sites is 1. The molecule has 1 atom stereocenters. The lowest BCUT2D eigenvalue weighted by atomic mass is 10.1. The Labute approximate surface area is 192 Å². The van der Waals surface area contributed by atoms with Crippen molar-refractivity contribution in [2.24, 2.45) is 0 Å². The number of fused-ring (bicyclic) bond motifs is 1. The van der Waals surface area contributed by atoms with Gasteiger partial charge in [-0.15, -0.1) is 5.10 Å². The molecule has 172 valence electrons. The van der Waals surface area contributed by atoms with E-state index in [0.717, 1.165) is 52.9 Å². The molecule has 33 heavy (non-hydrogen) atoms. The summed E-state index contributed by atoms with van der Waals surface area (Å²) in [6, 6.07) is 12.2. The monoisotopic (exact) mass is 446 g/mol. The van der Waals surface area contributed by atoms with Crippen molar-refractivity contribution in [3.63, 3.8) is 0 Å². The summed E-state index contributed by atoms with van der Waals surface area (Å²) in [7, 11) is 0. The molecule has 5 rings (SSSR count). The largest absolute Gasteiger partial charge is 0.468 e. The normalized spacial score (nSPS) is 15.6. The molecule has 0 unspecified atom stereocenters. The maximum Gasteiger partial charge on any atom is 0.252 e. The number of hydrogen-bond donors (Lipinski definition) is 1. The van der Waals surface area contributed by atoms with Crippen LogP contribution in [-0.4, -0.2) is 30.1 Å². The highest BCUT2D eigenvalue weighted by molar-refractivity contribution is 5.81. The molecule has 1 aliphatic carbocycles. The fraction of sp³-hybridized carbons (Fsp3) is 0.440. The van der Waals surface area contributed by atoms with Crippen LogP contribution in [-0.2, 0) is 13.1 Å². The number of benzene rings is 1. The van der Waals surface area contributed by atoms with E-state index < -0.39 is 0 Å².